The van der Waals surface area contributed by atoms with Gasteiger partial charge in [-0.2, -0.15) is 9.78 Å². The lowest BCUT2D eigenvalue weighted by Gasteiger charge is -2.07. The molecule has 24 heavy (non-hydrogen) atoms. The van der Waals surface area contributed by atoms with Crippen LogP contribution in [0, 0.1) is 0 Å². The van der Waals surface area contributed by atoms with Crippen LogP contribution in [0.15, 0.2) is 42.7 Å². The average molecular weight is 335 g/mol. The smallest absolute Gasteiger partial charge is 0.504 e. The average Bonchev–Trinajstić information content (AvgIpc) is 3.05. The van der Waals surface area contributed by atoms with Crippen LogP contribution in [0.2, 0.25) is 0 Å². The number of anilines is 1. The van der Waals surface area contributed by atoms with Gasteiger partial charge >= 0.3 is 6.30 Å². The van der Waals surface area contributed by atoms with Crippen LogP contribution in [0.1, 0.15) is 0 Å². The van der Waals surface area contributed by atoms with E-state index < -0.39 is 6.30 Å². The molecule has 124 valence electrons. The second-order valence-electron chi connectivity index (χ2n) is 4.93. The third-order valence-corrected chi connectivity index (χ3v) is 3.37. The van der Waals surface area contributed by atoms with Crippen LogP contribution < -0.4 is 5.32 Å². The maximum absolute atomic E-state index is 12.6. The number of phenolic OH excluding ortho intramolecular Hbond substituents is 1. The number of hydrogen-bond donors (Lipinski definition) is 2. The number of aromatic nitrogens is 4. The maximum Gasteiger partial charge on any atom is 0.504 e. The molecule has 6 nitrogen and oxygen atoms in total. The third kappa shape index (κ3) is 3.00. The molecule has 0 spiro atoms. The van der Waals surface area contributed by atoms with E-state index in [0.717, 1.165) is 12.4 Å². The molecule has 9 heteroatoms. The summed E-state index contributed by atoms with van der Waals surface area (Å²) in [5.74, 6) is 0.466. The second-order valence-corrected chi connectivity index (χ2v) is 4.93. The van der Waals surface area contributed by atoms with Gasteiger partial charge in [-0.05, 0) is 29.8 Å². The van der Waals surface area contributed by atoms with Gasteiger partial charge in [-0.25, -0.2) is 0 Å². The summed E-state index contributed by atoms with van der Waals surface area (Å²) < 4.78 is 37.6. The first-order valence-electron chi connectivity index (χ1n) is 6.85. The van der Waals surface area contributed by atoms with Crippen LogP contribution in [-0.2, 0) is 6.30 Å². The molecule has 0 fully saturated rings. The molecule has 0 saturated carbocycles. The fourth-order valence-electron chi connectivity index (χ4n) is 2.15. The summed E-state index contributed by atoms with van der Waals surface area (Å²) in [6.45, 7) is 0. The number of hydrogen-bond acceptors (Lipinski definition) is 5. The topological polar surface area (TPSA) is 75.9 Å². The molecule has 0 amide bonds. The highest BCUT2D eigenvalue weighted by atomic mass is 19.4. The minimum atomic E-state index is -4.58. The van der Waals surface area contributed by atoms with Crippen molar-refractivity contribution in [3.05, 3.63) is 42.7 Å². The van der Waals surface area contributed by atoms with Crippen molar-refractivity contribution >= 4 is 5.82 Å². The number of rotatable bonds is 3. The van der Waals surface area contributed by atoms with Crippen LogP contribution in [-0.4, -0.2) is 32.1 Å². The number of nitrogens with one attached hydrogen (secondary N) is 1. The first-order valence-corrected chi connectivity index (χ1v) is 6.85. The van der Waals surface area contributed by atoms with Crippen molar-refractivity contribution in [2.24, 2.45) is 0 Å². The van der Waals surface area contributed by atoms with Gasteiger partial charge in [0.1, 0.15) is 11.6 Å². The summed E-state index contributed by atoms with van der Waals surface area (Å²) in [7, 11) is 1.71. The zero-order chi connectivity index (χ0) is 17.3. The largest absolute Gasteiger partial charge is 0.507 e. The predicted octanol–water partition coefficient (Wildman–Crippen LogP) is 3.23. The highest BCUT2D eigenvalue weighted by Crippen LogP contribution is 2.33. The highest BCUT2D eigenvalue weighted by molar-refractivity contribution is 5.73. The first kappa shape index (κ1) is 15.8. The number of alkyl halides is 3. The summed E-state index contributed by atoms with van der Waals surface area (Å²) in [5.41, 5.74) is 1.53. The Morgan fingerprint density at radius 1 is 1.08 bits per heavy atom. The van der Waals surface area contributed by atoms with Crippen molar-refractivity contribution in [2.75, 3.05) is 12.4 Å². The van der Waals surface area contributed by atoms with Gasteiger partial charge < -0.3 is 10.4 Å². The second kappa shape index (κ2) is 5.84. The van der Waals surface area contributed by atoms with E-state index in [1.165, 1.54) is 6.07 Å². The standard InChI is InChI=1S/C15H12F3N5O/c1-19-14-5-4-12(21-22-14)11-3-2-9(6-13(11)24)10-7-20-23(8-10)15(16,17)18/h2-8,24H,1H3,(H,19,22). The number of nitrogens with zero attached hydrogens (tertiary/aromatic N) is 4. The molecule has 2 aromatic heterocycles. The van der Waals surface area contributed by atoms with Crippen LogP contribution in [0.25, 0.3) is 22.4 Å². The number of benzene rings is 1. The Kier molecular flexibility index (Phi) is 3.84. The third-order valence-electron chi connectivity index (χ3n) is 3.37. The number of phenols is 1. The summed E-state index contributed by atoms with van der Waals surface area (Å²) in [4.78, 5) is 0. The van der Waals surface area contributed by atoms with Crippen molar-refractivity contribution in [2.45, 2.75) is 6.30 Å². The van der Waals surface area contributed by atoms with Crippen LogP contribution >= 0.6 is 0 Å². The molecule has 3 rings (SSSR count). The molecule has 0 atom stereocenters. The van der Waals surface area contributed by atoms with E-state index in [1.807, 2.05) is 0 Å². The van der Waals surface area contributed by atoms with E-state index in [4.69, 9.17) is 0 Å². The monoisotopic (exact) mass is 335 g/mol. The Hall–Kier alpha value is -3.10. The van der Waals surface area contributed by atoms with Crippen LogP contribution in [0.5, 0.6) is 5.75 Å². The Labute approximate surface area is 134 Å². The summed E-state index contributed by atoms with van der Waals surface area (Å²) in [5, 5.41) is 24.2. The summed E-state index contributed by atoms with van der Waals surface area (Å²) in [6, 6.07) is 7.89. The summed E-state index contributed by atoms with van der Waals surface area (Å²) >= 11 is 0. The normalized spacial score (nSPS) is 11.5. The Bertz CT molecular complexity index is 858. The van der Waals surface area contributed by atoms with Crippen molar-refractivity contribution in [1.29, 1.82) is 0 Å². The lowest BCUT2D eigenvalue weighted by molar-refractivity contribution is -0.212. The van der Waals surface area contributed by atoms with E-state index >= 15 is 0 Å². The maximum atomic E-state index is 12.6. The fourth-order valence-corrected chi connectivity index (χ4v) is 2.15. The molecule has 0 unspecified atom stereocenters. The molecule has 0 saturated heterocycles. The predicted molar refractivity (Wildman–Crippen MR) is 81.2 cm³/mol. The molecule has 0 aliphatic rings. The van der Waals surface area contributed by atoms with Gasteiger partial charge in [-0.15, -0.1) is 23.4 Å². The van der Waals surface area contributed by atoms with Gasteiger partial charge in [-0.3, -0.25) is 0 Å². The van der Waals surface area contributed by atoms with E-state index in [2.05, 4.69) is 20.6 Å². The van der Waals surface area contributed by atoms with Crippen LogP contribution in [0.4, 0.5) is 19.0 Å². The highest BCUT2D eigenvalue weighted by Gasteiger charge is 2.31. The molecule has 0 aliphatic carbocycles. The van der Waals surface area contributed by atoms with Crippen molar-refractivity contribution in [1.82, 2.24) is 20.0 Å². The van der Waals surface area contributed by atoms with Gasteiger partial charge in [0.15, 0.2) is 0 Å². The van der Waals surface area contributed by atoms with E-state index in [9.17, 15) is 18.3 Å². The lowest BCUT2D eigenvalue weighted by atomic mass is 10.0. The molecule has 2 heterocycles. The van der Waals surface area contributed by atoms with Gasteiger partial charge in [0.25, 0.3) is 0 Å². The van der Waals surface area contributed by atoms with E-state index in [1.54, 1.807) is 31.3 Å². The van der Waals surface area contributed by atoms with Gasteiger partial charge in [0.2, 0.25) is 0 Å². The molecular formula is C15H12F3N5O. The van der Waals surface area contributed by atoms with Crippen molar-refractivity contribution in [3.63, 3.8) is 0 Å². The van der Waals surface area contributed by atoms with Gasteiger partial charge in [0, 0.05) is 24.4 Å². The number of halogens is 3. The molecule has 0 aliphatic heterocycles. The van der Waals surface area contributed by atoms with Crippen LogP contribution in [0.3, 0.4) is 0 Å². The van der Waals surface area contributed by atoms with E-state index in [0.29, 0.717) is 22.6 Å². The van der Waals surface area contributed by atoms with Gasteiger partial charge in [0.05, 0.1) is 11.9 Å². The molecule has 1 aromatic carbocycles. The summed E-state index contributed by atoms with van der Waals surface area (Å²) in [6.07, 6.45) is -2.63. The van der Waals surface area contributed by atoms with Crippen molar-refractivity contribution in [3.8, 4) is 28.1 Å². The minimum absolute atomic E-state index is 0.0881. The van der Waals surface area contributed by atoms with Gasteiger partial charge in [-0.1, -0.05) is 6.07 Å². The molecule has 0 bridgehead atoms. The Morgan fingerprint density at radius 2 is 1.88 bits per heavy atom. The Balaban J connectivity index is 1.93. The molecule has 2 N–H and O–H groups in total. The van der Waals surface area contributed by atoms with E-state index in [-0.39, 0.29) is 16.0 Å². The molecular weight excluding hydrogens is 323 g/mol. The fraction of sp³-hybridized carbons (Fsp3) is 0.133. The zero-order valence-electron chi connectivity index (χ0n) is 12.4. The first-order chi connectivity index (χ1) is 11.4. The zero-order valence-corrected chi connectivity index (χ0v) is 12.4. The SMILES string of the molecule is CNc1ccc(-c2ccc(-c3cnn(C(F)(F)F)c3)cc2O)nn1. The lowest BCUT2D eigenvalue weighted by Crippen LogP contribution is -2.16. The molecule has 0 radical (unpaired) electrons. The quantitative estimate of drug-likeness (QED) is 0.768. The Morgan fingerprint density at radius 3 is 2.42 bits per heavy atom. The molecule has 3 aromatic rings. The minimum Gasteiger partial charge on any atom is -0.507 e. The number of aromatic hydroxyl groups is 1. The van der Waals surface area contributed by atoms with Crippen molar-refractivity contribution < 1.29 is 18.3 Å².